The van der Waals surface area contributed by atoms with E-state index < -0.39 is 0 Å². The van der Waals surface area contributed by atoms with Crippen molar-refractivity contribution in [2.75, 3.05) is 33.2 Å². The molecular weight excluding hydrogens is 331 g/mol. The van der Waals surface area contributed by atoms with E-state index in [0.717, 1.165) is 56.0 Å². The molecule has 1 saturated carbocycles. The van der Waals surface area contributed by atoms with Crippen LogP contribution in [0.25, 0.3) is 5.69 Å². The molecule has 1 aliphatic heterocycles. The van der Waals surface area contributed by atoms with Crippen molar-refractivity contribution in [2.24, 2.45) is 0 Å². The van der Waals surface area contributed by atoms with E-state index in [9.17, 15) is 9.18 Å². The second-order valence-corrected chi connectivity index (χ2v) is 7.32. The van der Waals surface area contributed by atoms with Crippen molar-refractivity contribution in [3.05, 3.63) is 47.0 Å². The van der Waals surface area contributed by atoms with E-state index in [1.165, 1.54) is 12.1 Å². The van der Waals surface area contributed by atoms with Gasteiger partial charge in [0.15, 0.2) is 0 Å². The van der Waals surface area contributed by atoms with Crippen molar-refractivity contribution in [3.8, 4) is 5.69 Å². The van der Waals surface area contributed by atoms with Gasteiger partial charge in [-0.25, -0.2) is 9.07 Å². The second kappa shape index (κ2) is 6.83. The fourth-order valence-electron chi connectivity index (χ4n) is 3.66. The first-order valence-electron chi connectivity index (χ1n) is 9.44. The van der Waals surface area contributed by atoms with E-state index in [2.05, 4.69) is 11.9 Å². The third-order valence-corrected chi connectivity index (χ3v) is 5.36. The lowest BCUT2D eigenvalue weighted by molar-refractivity contribution is 0.0662. The molecule has 2 heterocycles. The van der Waals surface area contributed by atoms with Gasteiger partial charge in [0.1, 0.15) is 5.82 Å². The topological polar surface area (TPSA) is 41.4 Å². The predicted molar refractivity (Wildman–Crippen MR) is 98.3 cm³/mol. The largest absolute Gasteiger partial charge is 0.336 e. The van der Waals surface area contributed by atoms with Gasteiger partial charge in [-0.1, -0.05) is 13.0 Å². The summed E-state index contributed by atoms with van der Waals surface area (Å²) in [5.74, 6) is 0.154. The minimum Gasteiger partial charge on any atom is -0.336 e. The van der Waals surface area contributed by atoms with Crippen molar-refractivity contribution in [2.45, 2.75) is 32.1 Å². The summed E-state index contributed by atoms with van der Waals surface area (Å²) in [7, 11) is 2.08. The Kier molecular flexibility index (Phi) is 4.53. The van der Waals surface area contributed by atoms with E-state index in [1.807, 2.05) is 17.9 Å². The molecule has 6 heteroatoms. The van der Waals surface area contributed by atoms with E-state index in [0.29, 0.717) is 18.0 Å². The van der Waals surface area contributed by atoms with Crippen LogP contribution < -0.4 is 0 Å². The monoisotopic (exact) mass is 356 g/mol. The van der Waals surface area contributed by atoms with E-state index in [-0.39, 0.29) is 11.7 Å². The van der Waals surface area contributed by atoms with Crippen molar-refractivity contribution >= 4 is 5.91 Å². The Morgan fingerprint density at radius 2 is 1.96 bits per heavy atom. The molecule has 0 N–H and O–H groups in total. The molecule has 0 unspecified atom stereocenters. The number of rotatable bonds is 4. The van der Waals surface area contributed by atoms with Gasteiger partial charge >= 0.3 is 0 Å². The van der Waals surface area contributed by atoms with Crippen LogP contribution in [-0.4, -0.2) is 58.7 Å². The zero-order valence-corrected chi connectivity index (χ0v) is 15.4. The molecule has 0 spiro atoms. The summed E-state index contributed by atoms with van der Waals surface area (Å²) in [6.45, 7) is 5.31. The molecule has 1 aromatic carbocycles. The third-order valence-electron chi connectivity index (χ3n) is 5.36. The molecule has 0 bridgehead atoms. The Morgan fingerprint density at radius 1 is 1.23 bits per heavy atom. The molecular formula is C20H25FN4O. The SMILES string of the molecule is CCc1c(C(=O)N2CCN(C)CC2)c(C2CC2)nn1-c1cccc(F)c1. The van der Waals surface area contributed by atoms with Crippen LogP contribution in [0.4, 0.5) is 4.39 Å². The smallest absolute Gasteiger partial charge is 0.257 e. The summed E-state index contributed by atoms with van der Waals surface area (Å²) in [5.41, 5.74) is 3.22. The number of hydrogen-bond acceptors (Lipinski definition) is 3. The summed E-state index contributed by atoms with van der Waals surface area (Å²) in [6, 6.07) is 6.43. The molecule has 2 aliphatic rings. The van der Waals surface area contributed by atoms with Crippen LogP contribution in [0, 0.1) is 5.82 Å². The second-order valence-electron chi connectivity index (χ2n) is 7.32. The Bertz CT molecular complexity index is 819. The number of aromatic nitrogens is 2. The molecule has 4 rings (SSSR count). The first kappa shape index (κ1) is 17.2. The van der Waals surface area contributed by atoms with Crippen molar-refractivity contribution in [1.82, 2.24) is 19.6 Å². The van der Waals surface area contributed by atoms with E-state index >= 15 is 0 Å². The van der Waals surface area contributed by atoms with Gasteiger partial charge in [0.2, 0.25) is 0 Å². The Morgan fingerprint density at radius 3 is 2.58 bits per heavy atom. The number of likely N-dealkylation sites (N-methyl/N-ethyl adjacent to an activating group) is 1. The lowest BCUT2D eigenvalue weighted by Crippen LogP contribution is -2.47. The number of benzene rings is 1. The minimum atomic E-state index is -0.292. The molecule has 1 aliphatic carbocycles. The maximum absolute atomic E-state index is 13.7. The van der Waals surface area contributed by atoms with Crippen molar-refractivity contribution in [1.29, 1.82) is 0 Å². The van der Waals surface area contributed by atoms with Crippen LogP contribution in [0.3, 0.4) is 0 Å². The fraction of sp³-hybridized carbons (Fsp3) is 0.500. The first-order valence-corrected chi connectivity index (χ1v) is 9.44. The lowest BCUT2D eigenvalue weighted by Gasteiger charge is -2.32. The van der Waals surface area contributed by atoms with Gasteiger partial charge in [-0.3, -0.25) is 4.79 Å². The van der Waals surface area contributed by atoms with Crippen LogP contribution in [-0.2, 0) is 6.42 Å². The van der Waals surface area contributed by atoms with Gasteiger partial charge in [0, 0.05) is 32.1 Å². The normalized spacial score (nSPS) is 18.3. The third kappa shape index (κ3) is 3.14. The summed E-state index contributed by atoms with van der Waals surface area (Å²) in [5, 5.41) is 4.78. The van der Waals surface area contributed by atoms with Crippen LogP contribution in [0.1, 0.15) is 47.4 Å². The molecule has 1 amide bonds. The number of piperazine rings is 1. The van der Waals surface area contributed by atoms with Gasteiger partial charge in [-0.15, -0.1) is 0 Å². The molecule has 2 aromatic rings. The highest BCUT2D eigenvalue weighted by Crippen LogP contribution is 2.42. The highest BCUT2D eigenvalue weighted by Gasteiger charge is 2.36. The zero-order valence-electron chi connectivity index (χ0n) is 15.4. The minimum absolute atomic E-state index is 0.0829. The van der Waals surface area contributed by atoms with Crippen molar-refractivity contribution < 1.29 is 9.18 Å². The molecule has 1 aromatic heterocycles. The molecule has 5 nitrogen and oxygen atoms in total. The van der Waals surface area contributed by atoms with Crippen LogP contribution in [0.2, 0.25) is 0 Å². The summed E-state index contributed by atoms with van der Waals surface area (Å²) in [4.78, 5) is 17.5. The summed E-state index contributed by atoms with van der Waals surface area (Å²) < 4.78 is 15.5. The lowest BCUT2D eigenvalue weighted by atomic mass is 10.1. The van der Waals surface area contributed by atoms with Crippen LogP contribution >= 0.6 is 0 Å². The molecule has 0 radical (unpaired) electrons. The summed E-state index contributed by atoms with van der Waals surface area (Å²) in [6.07, 6.45) is 2.84. The average molecular weight is 356 g/mol. The number of hydrogen-bond donors (Lipinski definition) is 0. The van der Waals surface area contributed by atoms with Crippen molar-refractivity contribution in [3.63, 3.8) is 0 Å². The zero-order chi connectivity index (χ0) is 18.3. The van der Waals surface area contributed by atoms with Gasteiger partial charge in [-0.05, 0) is 44.5 Å². The molecule has 1 saturated heterocycles. The molecule has 0 atom stereocenters. The van der Waals surface area contributed by atoms with Crippen LogP contribution in [0.5, 0.6) is 0 Å². The van der Waals surface area contributed by atoms with E-state index in [4.69, 9.17) is 5.10 Å². The predicted octanol–water partition coefficient (Wildman–Crippen LogP) is 2.84. The highest BCUT2D eigenvalue weighted by atomic mass is 19.1. The van der Waals surface area contributed by atoms with Gasteiger partial charge in [0.05, 0.1) is 22.6 Å². The Hall–Kier alpha value is -2.21. The number of halogens is 1. The quantitative estimate of drug-likeness (QED) is 0.846. The number of nitrogens with zero attached hydrogens (tertiary/aromatic N) is 4. The first-order chi connectivity index (χ1) is 12.6. The molecule has 26 heavy (non-hydrogen) atoms. The van der Waals surface area contributed by atoms with Gasteiger partial charge in [0.25, 0.3) is 5.91 Å². The summed E-state index contributed by atoms with van der Waals surface area (Å²) >= 11 is 0. The van der Waals surface area contributed by atoms with Gasteiger partial charge < -0.3 is 9.80 Å². The highest BCUT2D eigenvalue weighted by molar-refractivity contribution is 5.97. The number of carbonyl (C=O) groups is 1. The Balaban J connectivity index is 1.76. The van der Waals surface area contributed by atoms with Crippen LogP contribution in [0.15, 0.2) is 24.3 Å². The molecule has 2 fully saturated rings. The fourth-order valence-corrected chi connectivity index (χ4v) is 3.66. The molecule has 138 valence electrons. The number of carbonyl (C=O) groups excluding carboxylic acids is 1. The standard InChI is InChI=1S/C20H25FN4O/c1-3-17-18(20(26)24-11-9-23(2)10-12-24)19(14-7-8-14)22-25(17)16-6-4-5-15(21)13-16/h4-6,13-14H,3,7-12H2,1-2H3. The van der Waals surface area contributed by atoms with Gasteiger partial charge in [-0.2, -0.15) is 5.10 Å². The maximum Gasteiger partial charge on any atom is 0.257 e. The Labute approximate surface area is 153 Å². The average Bonchev–Trinajstić information content (AvgIpc) is 3.41. The number of amides is 1. The van der Waals surface area contributed by atoms with E-state index in [1.54, 1.807) is 10.7 Å². The maximum atomic E-state index is 13.7.